The van der Waals surface area contributed by atoms with Crippen LogP contribution in [0.1, 0.15) is 10.4 Å². The number of non-ortho nitro benzene ring substituents is 1. The van der Waals surface area contributed by atoms with Crippen LogP contribution in [0.4, 0.5) is 5.69 Å². The lowest BCUT2D eigenvalue weighted by Crippen LogP contribution is -2.16. The number of rotatable bonds is 4. The second kappa shape index (κ2) is 7.41. The van der Waals surface area contributed by atoms with Gasteiger partial charge >= 0.3 is 0 Å². The molecule has 3 aromatic rings. The average Bonchev–Trinajstić information content (AvgIpc) is 2.91. The van der Waals surface area contributed by atoms with Gasteiger partial charge in [0.05, 0.1) is 15.1 Å². The van der Waals surface area contributed by atoms with Crippen LogP contribution >= 0.6 is 34.5 Å². The maximum absolute atomic E-state index is 12.5. The third-order valence-corrected chi connectivity index (χ3v) is 4.97. The van der Waals surface area contributed by atoms with E-state index >= 15 is 0 Å². The number of carbonyl (C=O) groups excluding carboxylic acids is 1. The number of benzene rings is 2. The summed E-state index contributed by atoms with van der Waals surface area (Å²) in [4.78, 5) is 27.6. The molecule has 2 aromatic carbocycles. The summed E-state index contributed by atoms with van der Waals surface area (Å²) in [5.74, 6) is -0.506. The Balaban J connectivity index is 2.17. The highest BCUT2D eigenvalue weighted by molar-refractivity contribution is 7.16. The molecular weight excluding hydrogens is 397 g/mol. The molecule has 0 aliphatic heterocycles. The van der Waals surface area contributed by atoms with Gasteiger partial charge in [-0.15, -0.1) is 6.58 Å². The van der Waals surface area contributed by atoms with Gasteiger partial charge in [0.15, 0.2) is 4.80 Å². The van der Waals surface area contributed by atoms with Crippen molar-refractivity contribution in [2.24, 2.45) is 4.99 Å². The fourth-order valence-corrected chi connectivity index (χ4v) is 3.99. The molecule has 26 heavy (non-hydrogen) atoms. The Morgan fingerprint density at radius 3 is 2.58 bits per heavy atom. The molecule has 1 amide bonds. The van der Waals surface area contributed by atoms with Crippen molar-refractivity contribution in [3.8, 4) is 0 Å². The van der Waals surface area contributed by atoms with E-state index in [1.54, 1.807) is 16.7 Å². The first kappa shape index (κ1) is 18.3. The number of aromatic nitrogens is 1. The number of nitro groups is 1. The van der Waals surface area contributed by atoms with Crippen molar-refractivity contribution >= 4 is 56.3 Å². The number of halogens is 2. The minimum Gasteiger partial charge on any atom is -0.312 e. The topological polar surface area (TPSA) is 77.5 Å². The number of nitrogens with zero attached hydrogens (tertiary/aromatic N) is 3. The zero-order valence-corrected chi connectivity index (χ0v) is 15.5. The molecule has 0 aliphatic carbocycles. The number of allylic oxidation sites excluding steroid dienone is 1. The van der Waals surface area contributed by atoms with Gasteiger partial charge in [0, 0.05) is 34.3 Å². The summed E-state index contributed by atoms with van der Waals surface area (Å²) in [5, 5.41) is 11.6. The quantitative estimate of drug-likeness (QED) is 0.352. The molecule has 0 radical (unpaired) electrons. The largest absolute Gasteiger partial charge is 0.312 e. The molecule has 1 heterocycles. The number of amides is 1. The molecule has 3 rings (SSSR count). The van der Waals surface area contributed by atoms with Gasteiger partial charge in [-0.1, -0.05) is 40.6 Å². The van der Waals surface area contributed by atoms with Gasteiger partial charge in [0.2, 0.25) is 0 Å². The van der Waals surface area contributed by atoms with Crippen LogP contribution in [0.15, 0.2) is 54.0 Å². The molecule has 0 unspecified atom stereocenters. The first-order chi connectivity index (χ1) is 12.4. The highest BCUT2D eigenvalue weighted by Crippen LogP contribution is 2.24. The van der Waals surface area contributed by atoms with Gasteiger partial charge < -0.3 is 4.57 Å². The van der Waals surface area contributed by atoms with Crippen LogP contribution in [0.3, 0.4) is 0 Å². The molecule has 0 aliphatic rings. The summed E-state index contributed by atoms with van der Waals surface area (Å²) in [6.45, 7) is 4.11. The summed E-state index contributed by atoms with van der Waals surface area (Å²) in [6, 6.07) is 8.99. The molecule has 9 heteroatoms. The predicted octanol–water partition coefficient (Wildman–Crippen LogP) is 4.84. The lowest BCUT2D eigenvalue weighted by atomic mass is 10.2. The Kier molecular flexibility index (Phi) is 5.22. The molecule has 0 N–H and O–H groups in total. The third-order valence-electron chi connectivity index (χ3n) is 3.50. The van der Waals surface area contributed by atoms with Crippen molar-refractivity contribution in [2.45, 2.75) is 6.54 Å². The summed E-state index contributed by atoms with van der Waals surface area (Å²) < 4.78 is 2.41. The standard InChI is InChI=1S/C17H11Cl2N3O3S/c1-2-5-21-14-4-3-13(22(24)25)9-15(14)26-17(21)20-16(23)10-6-11(18)8-12(19)7-10/h2-4,6-9H,1,5H2. The van der Waals surface area contributed by atoms with Crippen LogP contribution in [-0.4, -0.2) is 15.4 Å². The van der Waals surface area contributed by atoms with Crippen molar-refractivity contribution in [3.05, 3.63) is 79.6 Å². The molecule has 0 spiro atoms. The van der Waals surface area contributed by atoms with Gasteiger partial charge in [0.1, 0.15) is 0 Å². The predicted molar refractivity (Wildman–Crippen MR) is 103 cm³/mol. The number of thiazole rings is 1. The van der Waals surface area contributed by atoms with E-state index in [0.717, 1.165) is 5.52 Å². The molecule has 0 saturated carbocycles. The van der Waals surface area contributed by atoms with E-state index in [1.165, 1.54) is 41.7 Å². The van der Waals surface area contributed by atoms with Crippen molar-refractivity contribution in [2.75, 3.05) is 0 Å². The van der Waals surface area contributed by atoms with Gasteiger partial charge in [-0.3, -0.25) is 14.9 Å². The van der Waals surface area contributed by atoms with Crippen LogP contribution < -0.4 is 4.80 Å². The van der Waals surface area contributed by atoms with E-state index in [-0.39, 0.29) is 11.3 Å². The molecular formula is C17H11Cl2N3O3S. The lowest BCUT2D eigenvalue weighted by molar-refractivity contribution is -0.384. The Labute approximate surface area is 161 Å². The smallest absolute Gasteiger partial charge is 0.279 e. The zero-order chi connectivity index (χ0) is 18.8. The van der Waals surface area contributed by atoms with Gasteiger partial charge in [0.25, 0.3) is 11.6 Å². The molecule has 6 nitrogen and oxygen atoms in total. The molecule has 0 fully saturated rings. The second-order valence-electron chi connectivity index (χ2n) is 5.27. The van der Waals surface area contributed by atoms with Crippen LogP contribution in [0.2, 0.25) is 10.0 Å². The van der Waals surface area contributed by atoms with E-state index in [4.69, 9.17) is 23.2 Å². The molecule has 0 atom stereocenters. The molecule has 0 bridgehead atoms. The Hall–Kier alpha value is -2.48. The summed E-state index contributed by atoms with van der Waals surface area (Å²) in [7, 11) is 0. The number of fused-ring (bicyclic) bond motifs is 1. The molecule has 1 aromatic heterocycles. The van der Waals surface area contributed by atoms with E-state index in [1.807, 2.05) is 0 Å². The van der Waals surface area contributed by atoms with Gasteiger partial charge in [-0.2, -0.15) is 4.99 Å². The summed E-state index contributed by atoms with van der Waals surface area (Å²) in [6.07, 6.45) is 1.66. The van der Waals surface area contributed by atoms with Gasteiger partial charge in [-0.25, -0.2) is 0 Å². The van der Waals surface area contributed by atoms with Crippen molar-refractivity contribution < 1.29 is 9.72 Å². The van der Waals surface area contributed by atoms with Crippen LogP contribution in [0.25, 0.3) is 10.2 Å². The fraction of sp³-hybridized carbons (Fsp3) is 0.0588. The SMILES string of the molecule is C=CCn1c(=NC(=O)c2cc(Cl)cc(Cl)c2)sc2cc([N+](=O)[O-])ccc21. The highest BCUT2D eigenvalue weighted by atomic mass is 35.5. The van der Waals surface area contributed by atoms with Crippen LogP contribution in [0.5, 0.6) is 0 Å². The maximum atomic E-state index is 12.5. The monoisotopic (exact) mass is 407 g/mol. The third kappa shape index (κ3) is 3.70. The van der Waals surface area contributed by atoms with E-state index in [0.29, 0.717) is 26.1 Å². The first-order valence-electron chi connectivity index (χ1n) is 7.33. The minimum absolute atomic E-state index is 0.0241. The van der Waals surface area contributed by atoms with Crippen LogP contribution in [0, 0.1) is 10.1 Å². The Morgan fingerprint density at radius 2 is 1.96 bits per heavy atom. The Morgan fingerprint density at radius 1 is 1.27 bits per heavy atom. The number of nitro benzene ring substituents is 1. The normalized spacial score (nSPS) is 11.7. The van der Waals surface area contributed by atoms with Crippen molar-refractivity contribution in [1.29, 1.82) is 0 Å². The summed E-state index contributed by atoms with van der Waals surface area (Å²) in [5.41, 5.74) is 0.969. The number of hydrogen-bond donors (Lipinski definition) is 0. The first-order valence-corrected chi connectivity index (χ1v) is 8.90. The van der Waals surface area contributed by atoms with Crippen molar-refractivity contribution in [3.63, 3.8) is 0 Å². The van der Waals surface area contributed by atoms with E-state index in [2.05, 4.69) is 11.6 Å². The lowest BCUT2D eigenvalue weighted by Gasteiger charge is -2.01. The number of carbonyl (C=O) groups is 1. The Bertz CT molecular complexity index is 1100. The van der Waals surface area contributed by atoms with Crippen molar-refractivity contribution in [1.82, 2.24) is 4.57 Å². The summed E-state index contributed by atoms with van der Waals surface area (Å²) >= 11 is 13.0. The molecule has 0 saturated heterocycles. The maximum Gasteiger partial charge on any atom is 0.279 e. The van der Waals surface area contributed by atoms with E-state index < -0.39 is 10.8 Å². The van der Waals surface area contributed by atoms with Crippen LogP contribution in [-0.2, 0) is 6.54 Å². The molecule has 132 valence electrons. The average molecular weight is 408 g/mol. The van der Waals surface area contributed by atoms with E-state index in [9.17, 15) is 14.9 Å². The van der Waals surface area contributed by atoms with Gasteiger partial charge in [-0.05, 0) is 24.3 Å². The highest BCUT2D eigenvalue weighted by Gasteiger charge is 2.13. The second-order valence-corrected chi connectivity index (χ2v) is 7.15. The minimum atomic E-state index is -0.506. The number of hydrogen-bond acceptors (Lipinski definition) is 4. The zero-order valence-electron chi connectivity index (χ0n) is 13.2. The fourth-order valence-electron chi connectivity index (χ4n) is 2.40.